The fourth-order valence-corrected chi connectivity index (χ4v) is 1.04. The SMILES string of the molecule is O=C(O)c1nc2cnccn2c1O. The minimum Gasteiger partial charge on any atom is -0.492 e. The van der Waals surface area contributed by atoms with E-state index in [1.807, 2.05) is 0 Å². The number of hydrogen-bond acceptors (Lipinski definition) is 4. The lowest BCUT2D eigenvalue weighted by atomic mass is 10.5. The average molecular weight is 179 g/mol. The summed E-state index contributed by atoms with van der Waals surface area (Å²) >= 11 is 0. The summed E-state index contributed by atoms with van der Waals surface area (Å²) in [7, 11) is 0. The highest BCUT2D eigenvalue weighted by Gasteiger charge is 2.16. The van der Waals surface area contributed by atoms with Gasteiger partial charge in [0.15, 0.2) is 5.65 Å². The van der Waals surface area contributed by atoms with Crippen LogP contribution in [0, 0.1) is 0 Å². The minimum absolute atomic E-state index is 0.303. The van der Waals surface area contributed by atoms with E-state index in [9.17, 15) is 9.90 Å². The maximum absolute atomic E-state index is 10.5. The number of aromatic nitrogens is 3. The van der Waals surface area contributed by atoms with Crippen LogP contribution in [0.15, 0.2) is 18.6 Å². The third kappa shape index (κ3) is 0.994. The van der Waals surface area contributed by atoms with E-state index >= 15 is 0 Å². The number of carboxylic acid groups (broad SMARTS) is 1. The number of carboxylic acids is 1. The van der Waals surface area contributed by atoms with Crippen LogP contribution in [0.3, 0.4) is 0 Å². The molecule has 0 radical (unpaired) electrons. The van der Waals surface area contributed by atoms with E-state index in [0.717, 1.165) is 0 Å². The molecule has 0 saturated carbocycles. The molecule has 6 heteroatoms. The van der Waals surface area contributed by atoms with Gasteiger partial charge < -0.3 is 10.2 Å². The van der Waals surface area contributed by atoms with Gasteiger partial charge in [0, 0.05) is 12.4 Å². The van der Waals surface area contributed by atoms with Crippen LogP contribution < -0.4 is 0 Å². The summed E-state index contributed by atoms with van der Waals surface area (Å²) in [6.07, 6.45) is 4.23. The third-order valence-corrected chi connectivity index (χ3v) is 1.61. The molecule has 2 aromatic heterocycles. The van der Waals surface area contributed by atoms with Crippen LogP contribution in [0.4, 0.5) is 0 Å². The summed E-state index contributed by atoms with van der Waals surface area (Å²) in [6.45, 7) is 0. The van der Waals surface area contributed by atoms with Crippen LogP contribution in [0.2, 0.25) is 0 Å². The Morgan fingerprint density at radius 2 is 2.31 bits per heavy atom. The van der Waals surface area contributed by atoms with Crippen molar-refractivity contribution in [3.05, 3.63) is 24.3 Å². The number of carbonyl (C=O) groups is 1. The number of rotatable bonds is 1. The average Bonchev–Trinajstić information content (AvgIpc) is 2.45. The quantitative estimate of drug-likeness (QED) is 0.649. The Bertz CT molecular complexity index is 477. The van der Waals surface area contributed by atoms with Gasteiger partial charge in [-0.05, 0) is 0 Å². The van der Waals surface area contributed by atoms with E-state index in [-0.39, 0.29) is 11.6 Å². The molecule has 2 aromatic rings. The molecule has 66 valence electrons. The van der Waals surface area contributed by atoms with E-state index < -0.39 is 5.97 Å². The molecule has 0 aliphatic heterocycles. The van der Waals surface area contributed by atoms with Crippen molar-refractivity contribution in [1.29, 1.82) is 0 Å². The smallest absolute Gasteiger partial charge is 0.360 e. The predicted molar refractivity (Wildman–Crippen MR) is 41.6 cm³/mol. The number of imidazole rings is 1. The van der Waals surface area contributed by atoms with Crippen molar-refractivity contribution in [2.45, 2.75) is 0 Å². The molecular weight excluding hydrogens is 174 g/mol. The van der Waals surface area contributed by atoms with Crippen molar-refractivity contribution in [2.24, 2.45) is 0 Å². The normalized spacial score (nSPS) is 10.5. The van der Waals surface area contributed by atoms with Gasteiger partial charge in [-0.3, -0.25) is 9.38 Å². The molecule has 0 aliphatic rings. The number of hydrogen-bond donors (Lipinski definition) is 2. The van der Waals surface area contributed by atoms with Crippen LogP contribution in [0.1, 0.15) is 10.5 Å². The third-order valence-electron chi connectivity index (χ3n) is 1.61. The second kappa shape index (κ2) is 2.44. The fraction of sp³-hybridized carbons (Fsp3) is 0. The molecule has 0 amide bonds. The molecule has 0 saturated heterocycles. The molecule has 0 unspecified atom stereocenters. The van der Waals surface area contributed by atoms with Crippen molar-refractivity contribution in [1.82, 2.24) is 14.4 Å². The van der Waals surface area contributed by atoms with Gasteiger partial charge in [0.2, 0.25) is 11.6 Å². The Balaban J connectivity index is 2.81. The van der Waals surface area contributed by atoms with Crippen LogP contribution in [-0.2, 0) is 0 Å². The summed E-state index contributed by atoms with van der Waals surface area (Å²) in [6, 6.07) is 0. The molecule has 2 N–H and O–H groups in total. The van der Waals surface area contributed by atoms with Gasteiger partial charge in [0.1, 0.15) is 0 Å². The van der Waals surface area contributed by atoms with Crippen LogP contribution in [0.5, 0.6) is 5.88 Å². The zero-order valence-corrected chi connectivity index (χ0v) is 6.38. The Hall–Kier alpha value is -2.11. The second-order valence-electron chi connectivity index (χ2n) is 2.39. The molecular formula is C7H5N3O3. The Morgan fingerprint density at radius 3 is 2.92 bits per heavy atom. The molecule has 0 aliphatic carbocycles. The van der Waals surface area contributed by atoms with Crippen molar-refractivity contribution >= 4 is 11.6 Å². The maximum atomic E-state index is 10.5. The predicted octanol–water partition coefficient (Wildman–Crippen LogP) is 0.133. The van der Waals surface area contributed by atoms with Crippen LogP contribution in [0.25, 0.3) is 5.65 Å². The highest BCUT2D eigenvalue weighted by molar-refractivity contribution is 5.89. The van der Waals surface area contributed by atoms with Gasteiger partial charge in [-0.1, -0.05) is 0 Å². The zero-order chi connectivity index (χ0) is 9.42. The van der Waals surface area contributed by atoms with Gasteiger partial charge >= 0.3 is 5.97 Å². The summed E-state index contributed by atoms with van der Waals surface area (Å²) < 4.78 is 1.25. The standard InChI is InChI=1S/C7H5N3O3/c11-6-5(7(12)13)9-4-3-8-1-2-10(4)6/h1-3,11H,(H,12,13). The van der Waals surface area contributed by atoms with Gasteiger partial charge in [0.25, 0.3) is 0 Å². The number of aromatic hydroxyl groups is 1. The topological polar surface area (TPSA) is 87.7 Å². The molecule has 0 bridgehead atoms. The first-order valence-corrected chi connectivity index (χ1v) is 3.44. The molecule has 2 rings (SSSR count). The Labute approximate surface area is 72.1 Å². The number of aromatic carboxylic acids is 1. The fourth-order valence-electron chi connectivity index (χ4n) is 1.04. The van der Waals surface area contributed by atoms with Gasteiger partial charge in [-0.25, -0.2) is 9.78 Å². The first-order chi connectivity index (χ1) is 6.20. The van der Waals surface area contributed by atoms with Crippen molar-refractivity contribution in [3.8, 4) is 5.88 Å². The highest BCUT2D eigenvalue weighted by Crippen LogP contribution is 2.17. The van der Waals surface area contributed by atoms with E-state index in [0.29, 0.717) is 5.65 Å². The number of nitrogens with zero attached hydrogens (tertiary/aromatic N) is 3. The molecule has 2 heterocycles. The van der Waals surface area contributed by atoms with E-state index in [2.05, 4.69) is 9.97 Å². The lowest BCUT2D eigenvalue weighted by Gasteiger charge is -1.91. The molecule has 6 nitrogen and oxygen atoms in total. The summed E-state index contributed by atoms with van der Waals surface area (Å²) in [5.41, 5.74) is -0.0644. The molecule has 0 fully saturated rings. The first kappa shape index (κ1) is 7.53. The Morgan fingerprint density at radius 1 is 1.54 bits per heavy atom. The largest absolute Gasteiger partial charge is 0.492 e. The maximum Gasteiger partial charge on any atom is 0.360 e. The molecule has 0 atom stereocenters. The van der Waals surface area contributed by atoms with E-state index in [1.54, 1.807) is 0 Å². The van der Waals surface area contributed by atoms with Crippen molar-refractivity contribution < 1.29 is 15.0 Å². The summed E-state index contributed by atoms with van der Waals surface area (Å²) in [5.74, 6) is -1.65. The lowest BCUT2D eigenvalue weighted by molar-refractivity contribution is 0.0687. The zero-order valence-electron chi connectivity index (χ0n) is 6.38. The number of fused-ring (bicyclic) bond motifs is 1. The first-order valence-electron chi connectivity index (χ1n) is 3.44. The highest BCUT2D eigenvalue weighted by atomic mass is 16.4. The lowest BCUT2D eigenvalue weighted by Crippen LogP contribution is -1.96. The van der Waals surface area contributed by atoms with Crippen LogP contribution in [-0.4, -0.2) is 30.6 Å². The van der Waals surface area contributed by atoms with Gasteiger partial charge in [-0.15, -0.1) is 0 Å². The summed E-state index contributed by atoms with van der Waals surface area (Å²) in [5, 5.41) is 18.0. The van der Waals surface area contributed by atoms with Crippen LogP contribution >= 0.6 is 0 Å². The van der Waals surface area contributed by atoms with Gasteiger partial charge in [-0.2, -0.15) is 0 Å². The monoisotopic (exact) mass is 179 g/mol. The summed E-state index contributed by atoms with van der Waals surface area (Å²) in [4.78, 5) is 17.9. The van der Waals surface area contributed by atoms with E-state index in [1.165, 1.54) is 23.0 Å². The molecule has 13 heavy (non-hydrogen) atoms. The molecule has 0 spiro atoms. The Kier molecular flexibility index (Phi) is 1.42. The van der Waals surface area contributed by atoms with Gasteiger partial charge in [0.05, 0.1) is 6.20 Å². The van der Waals surface area contributed by atoms with E-state index in [4.69, 9.17) is 5.11 Å². The van der Waals surface area contributed by atoms with Crippen molar-refractivity contribution in [3.63, 3.8) is 0 Å². The van der Waals surface area contributed by atoms with Crippen molar-refractivity contribution in [2.75, 3.05) is 0 Å². The minimum atomic E-state index is -1.26. The molecule has 0 aromatic carbocycles. The second-order valence-corrected chi connectivity index (χ2v) is 2.39.